The van der Waals surface area contributed by atoms with E-state index in [1.165, 1.54) is 25.1 Å². The van der Waals surface area contributed by atoms with E-state index in [4.69, 9.17) is 9.15 Å². The SMILES string of the molecule is Cc1cc(=O)c2c(O)c3c(cc2o1)[C@H](c1c(O)cc(O)c2c(O)c4c(cc12)O[C@H](CO)CC4=O)C(O)=C[C@@H]3O. The first-order chi connectivity index (χ1) is 18.5. The van der Waals surface area contributed by atoms with Crippen molar-refractivity contribution in [1.29, 1.82) is 0 Å². The van der Waals surface area contributed by atoms with E-state index in [9.17, 15) is 45.3 Å². The average molecular weight is 534 g/mol. The summed E-state index contributed by atoms with van der Waals surface area (Å²) in [4.78, 5) is 25.4. The molecular formula is C28H22O11. The van der Waals surface area contributed by atoms with Gasteiger partial charge in [0.15, 0.2) is 11.2 Å². The lowest BCUT2D eigenvalue weighted by atomic mass is 9.77. The zero-order valence-corrected chi connectivity index (χ0v) is 20.3. The molecule has 2 heterocycles. The molecule has 1 aromatic heterocycles. The molecule has 0 unspecified atom stereocenters. The van der Waals surface area contributed by atoms with Gasteiger partial charge in [-0.1, -0.05) is 0 Å². The Morgan fingerprint density at radius 2 is 1.67 bits per heavy atom. The third-order valence-corrected chi connectivity index (χ3v) is 7.26. The number of aryl methyl sites for hydroxylation is 1. The van der Waals surface area contributed by atoms with E-state index in [0.717, 1.165) is 12.1 Å². The molecule has 0 amide bonds. The van der Waals surface area contributed by atoms with Gasteiger partial charge in [0.05, 0.1) is 24.3 Å². The number of aliphatic hydroxyl groups excluding tert-OH is 3. The van der Waals surface area contributed by atoms with Crippen LogP contribution in [0.3, 0.4) is 0 Å². The van der Waals surface area contributed by atoms with Gasteiger partial charge >= 0.3 is 0 Å². The number of rotatable bonds is 2. The predicted octanol–water partition coefficient (Wildman–Crippen LogP) is 3.02. The fraction of sp³-hybridized carbons (Fsp3) is 0.214. The monoisotopic (exact) mass is 534 g/mol. The van der Waals surface area contributed by atoms with Crippen molar-refractivity contribution in [1.82, 2.24) is 0 Å². The van der Waals surface area contributed by atoms with Crippen molar-refractivity contribution in [3.05, 3.63) is 74.3 Å². The molecule has 0 saturated heterocycles. The maximum Gasteiger partial charge on any atom is 0.196 e. The highest BCUT2D eigenvalue weighted by molar-refractivity contribution is 6.11. The summed E-state index contributed by atoms with van der Waals surface area (Å²) in [5, 5.41) is 74.8. The van der Waals surface area contributed by atoms with Crippen LogP contribution < -0.4 is 10.2 Å². The van der Waals surface area contributed by atoms with Crippen LogP contribution in [0.5, 0.6) is 28.7 Å². The number of aliphatic hydroxyl groups is 3. The minimum absolute atomic E-state index is 0.0206. The number of hydrogen-bond acceptors (Lipinski definition) is 11. The lowest BCUT2D eigenvalue weighted by molar-refractivity contribution is 0.0700. The lowest BCUT2D eigenvalue weighted by Gasteiger charge is -2.30. The van der Waals surface area contributed by atoms with Crippen LogP contribution in [0.25, 0.3) is 21.7 Å². The molecule has 0 bridgehead atoms. The quantitative estimate of drug-likeness (QED) is 0.199. The Hall–Kier alpha value is -4.74. The van der Waals surface area contributed by atoms with Crippen LogP contribution in [0, 0.1) is 6.92 Å². The van der Waals surface area contributed by atoms with Gasteiger partial charge in [-0.25, -0.2) is 0 Å². The molecule has 11 nitrogen and oxygen atoms in total. The largest absolute Gasteiger partial charge is 0.512 e. The first-order valence-corrected chi connectivity index (χ1v) is 12.0. The van der Waals surface area contributed by atoms with Gasteiger partial charge in [-0.05, 0) is 30.7 Å². The van der Waals surface area contributed by atoms with Crippen molar-refractivity contribution in [2.24, 2.45) is 0 Å². The van der Waals surface area contributed by atoms with Gasteiger partial charge in [0, 0.05) is 28.6 Å². The zero-order valence-electron chi connectivity index (χ0n) is 20.3. The van der Waals surface area contributed by atoms with E-state index in [2.05, 4.69) is 0 Å². The molecular weight excluding hydrogens is 512 g/mol. The summed E-state index contributed by atoms with van der Waals surface area (Å²) < 4.78 is 11.3. The molecule has 0 radical (unpaired) electrons. The molecule has 1 aliphatic carbocycles. The normalized spacial score (nSPS) is 20.4. The third-order valence-electron chi connectivity index (χ3n) is 7.26. The Morgan fingerprint density at radius 3 is 2.38 bits per heavy atom. The van der Waals surface area contributed by atoms with Gasteiger partial charge in [-0.2, -0.15) is 0 Å². The number of aromatic hydroxyl groups is 4. The first kappa shape index (κ1) is 24.6. The standard InChI is InChI=1S/C28H22O11/c1-9-2-13(30)25-19(38-9)4-11-21(15(32)6-17(34)23(11)27(25)36)22-12-5-20-26(14(31)3-10(8-29)39-20)28(37)24(12)18(35)7-16(22)33/h2,4-7,10,17,21,29,32-37H,3,8H2,1H3/t10-,17-,21-/m0/s1. The second-order valence-corrected chi connectivity index (χ2v) is 9.69. The minimum Gasteiger partial charge on any atom is -0.512 e. The van der Waals surface area contributed by atoms with Crippen molar-refractivity contribution >= 4 is 27.5 Å². The highest BCUT2D eigenvalue weighted by Crippen LogP contribution is 2.53. The van der Waals surface area contributed by atoms with Gasteiger partial charge < -0.3 is 44.9 Å². The van der Waals surface area contributed by atoms with E-state index in [0.29, 0.717) is 0 Å². The fourth-order valence-electron chi connectivity index (χ4n) is 5.64. The number of allylic oxidation sites excluding steroid dienone is 1. The summed E-state index contributed by atoms with van der Waals surface area (Å²) in [6, 6.07) is 4.76. The molecule has 3 atom stereocenters. The Kier molecular flexibility index (Phi) is 5.28. The average Bonchev–Trinajstić information content (AvgIpc) is 2.84. The topological polar surface area (TPSA) is 198 Å². The number of phenolic OH excluding ortho intramolecular Hbond substituents is 4. The van der Waals surface area contributed by atoms with E-state index < -0.39 is 64.7 Å². The molecule has 1 aliphatic heterocycles. The summed E-state index contributed by atoms with van der Waals surface area (Å²) in [6.07, 6.45) is -1.60. The lowest BCUT2D eigenvalue weighted by Crippen LogP contribution is -2.30. The molecule has 0 saturated carbocycles. The van der Waals surface area contributed by atoms with Crippen LogP contribution in [0.4, 0.5) is 0 Å². The van der Waals surface area contributed by atoms with Crippen LogP contribution in [0.15, 0.2) is 45.3 Å². The molecule has 4 aromatic rings. The summed E-state index contributed by atoms with van der Waals surface area (Å²) in [6.45, 7) is 1.06. The van der Waals surface area contributed by atoms with Crippen LogP contribution in [0.1, 0.15) is 51.3 Å². The van der Waals surface area contributed by atoms with E-state index in [1.807, 2.05) is 0 Å². The highest BCUT2D eigenvalue weighted by atomic mass is 16.5. The van der Waals surface area contributed by atoms with Gasteiger partial charge in [0.1, 0.15) is 69.0 Å². The Bertz CT molecular complexity index is 1830. The molecule has 6 rings (SSSR count). The number of carbonyl (C=O) groups excluding carboxylic acids is 1. The summed E-state index contributed by atoms with van der Waals surface area (Å²) >= 11 is 0. The van der Waals surface area contributed by atoms with E-state index in [1.54, 1.807) is 0 Å². The fourth-order valence-corrected chi connectivity index (χ4v) is 5.64. The maximum absolute atomic E-state index is 12.7. The second kappa shape index (κ2) is 8.38. The number of benzene rings is 3. The number of phenols is 4. The zero-order chi connectivity index (χ0) is 27.9. The van der Waals surface area contributed by atoms with Crippen molar-refractivity contribution in [2.75, 3.05) is 6.61 Å². The molecule has 2 aliphatic rings. The molecule has 3 aromatic carbocycles. The second-order valence-electron chi connectivity index (χ2n) is 9.69. The summed E-state index contributed by atoms with van der Waals surface area (Å²) in [5.41, 5.74) is -0.906. The number of carbonyl (C=O) groups is 1. The van der Waals surface area contributed by atoms with E-state index in [-0.39, 0.29) is 61.9 Å². The Balaban J connectivity index is 1.71. The number of hydrogen-bond donors (Lipinski definition) is 7. The smallest absolute Gasteiger partial charge is 0.196 e. The van der Waals surface area contributed by atoms with Crippen molar-refractivity contribution in [3.8, 4) is 28.7 Å². The Morgan fingerprint density at radius 1 is 0.923 bits per heavy atom. The Labute approximate surface area is 218 Å². The van der Waals surface area contributed by atoms with E-state index >= 15 is 0 Å². The van der Waals surface area contributed by atoms with Crippen LogP contribution in [0.2, 0.25) is 0 Å². The van der Waals surface area contributed by atoms with Crippen molar-refractivity contribution in [3.63, 3.8) is 0 Å². The molecule has 7 N–H and O–H groups in total. The molecule has 200 valence electrons. The molecule has 11 heteroatoms. The molecule has 0 fully saturated rings. The van der Waals surface area contributed by atoms with Gasteiger partial charge in [-0.3, -0.25) is 9.59 Å². The van der Waals surface area contributed by atoms with Crippen LogP contribution in [-0.4, -0.2) is 54.2 Å². The summed E-state index contributed by atoms with van der Waals surface area (Å²) in [7, 11) is 0. The highest BCUT2D eigenvalue weighted by Gasteiger charge is 2.38. The van der Waals surface area contributed by atoms with Gasteiger partial charge in [-0.15, -0.1) is 0 Å². The maximum atomic E-state index is 12.7. The number of fused-ring (bicyclic) bond motifs is 4. The van der Waals surface area contributed by atoms with Crippen LogP contribution in [-0.2, 0) is 0 Å². The van der Waals surface area contributed by atoms with Gasteiger partial charge in [0.25, 0.3) is 0 Å². The molecule has 0 spiro atoms. The summed E-state index contributed by atoms with van der Waals surface area (Å²) in [5.74, 6) is -4.42. The number of ketones is 1. The van der Waals surface area contributed by atoms with Gasteiger partial charge in [0.2, 0.25) is 0 Å². The minimum atomic E-state index is -1.53. The van der Waals surface area contributed by atoms with Crippen molar-refractivity contribution < 1.29 is 49.7 Å². The number of ether oxygens (including phenoxy) is 1. The third kappa shape index (κ3) is 3.44. The first-order valence-electron chi connectivity index (χ1n) is 12.0. The number of Topliss-reactive ketones (excluding diaryl/α,β-unsaturated/α-hetero) is 1. The molecule has 39 heavy (non-hydrogen) atoms. The predicted molar refractivity (Wildman–Crippen MR) is 136 cm³/mol. The van der Waals surface area contributed by atoms with Crippen molar-refractivity contribution in [2.45, 2.75) is 31.5 Å². The van der Waals surface area contributed by atoms with Crippen LogP contribution >= 0.6 is 0 Å².